The summed E-state index contributed by atoms with van der Waals surface area (Å²) >= 11 is 1.56. The van der Waals surface area contributed by atoms with E-state index in [2.05, 4.69) is 20.3 Å². The second kappa shape index (κ2) is 5.85. The molecule has 2 aromatic rings. The number of hydrogen-bond donors (Lipinski definition) is 2. The molecular weight excluding hydrogens is 272 g/mol. The molecule has 2 heterocycles. The minimum absolute atomic E-state index is 0.00147. The van der Waals surface area contributed by atoms with E-state index in [1.54, 1.807) is 11.3 Å². The molecular formula is C14H18N4OS. The lowest BCUT2D eigenvalue weighted by Gasteiger charge is -2.18. The molecule has 0 atom stereocenters. The molecule has 0 saturated carbocycles. The summed E-state index contributed by atoms with van der Waals surface area (Å²) < 4.78 is 0. The molecule has 2 N–H and O–H groups in total. The van der Waals surface area contributed by atoms with Crippen LogP contribution in [0.15, 0.2) is 5.38 Å². The Morgan fingerprint density at radius 3 is 2.90 bits per heavy atom. The SMILES string of the molecule is Cc1nc2c(c(NCc3nc(CO)cs3)n1)CCCC2. The number of aliphatic hydroxyl groups is 1. The summed E-state index contributed by atoms with van der Waals surface area (Å²) in [6.45, 7) is 2.58. The molecule has 0 fully saturated rings. The highest BCUT2D eigenvalue weighted by atomic mass is 32.1. The van der Waals surface area contributed by atoms with Crippen LogP contribution in [0.3, 0.4) is 0 Å². The highest BCUT2D eigenvalue weighted by Crippen LogP contribution is 2.26. The van der Waals surface area contributed by atoms with Gasteiger partial charge in [0.15, 0.2) is 0 Å². The summed E-state index contributed by atoms with van der Waals surface area (Å²) in [5.74, 6) is 1.77. The molecule has 0 aromatic carbocycles. The maximum absolute atomic E-state index is 9.03. The zero-order valence-corrected chi connectivity index (χ0v) is 12.3. The van der Waals surface area contributed by atoms with Crippen molar-refractivity contribution in [1.82, 2.24) is 15.0 Å². The van der Waals surface area contributed by atoms with Crippen LogP contribution in [0.5, 0.6) is 0 Å². The van der Waals surface area contributed by atoms with Gasteiger partial charge in [0, 0.05) is 16.6 Å². The van der Waals surface area contributed by atoms with Crippen LogP contribution in [-0.2, 0) is 26.0 Å². The number of aliphatic hydroxyl groups excluding tert-OH is 1. The van der Waals surface area contributed by atoms with Crippen molar-refractivity contribution in [1.29, 1.82) is 0 Å². The third kappa shape index (κ3) is 2.81. The maximum atomic E-state index is 9.03. The lowest BCUT2D eigenvalue weighted by atomic mass is 9.96. The molecule has 0 amide bonds. The largest absolute Gasteiger partial charge is 0.390 e. The Morgan fingerprint density at radius 2 is 2.10 bits per heavy atom. The number of aromatic nitrogens is 3. The lowest BCUT2D eigenvalue weighted by molar-refractivity contribution is 0.277. The summed E-state index contributed by atoms with van der Waals surface area (Å²) in [4.78, 5) is 13.4. The van der Waals surface area contributed by atoms with E-state index in [1.807, 2.05) is 12.3 Å². The van der Waals surface area contributed by atoms with E-state index in [4.69, 9.17) is 5.11 Å². The summed E-state index contributed by atoms with van der Waals surface area (Å²) in [7, 11) is 0. The van der Waals surface area contributed by atoms with Crippen molar-refractivity contribution in [3.8, 4) is 0 Å². The topological polar surface area (TPSA) is 70.9 Å². The van der Waals surface area contributed by atoms with Gasteiger partial charge in [-0.05, 0) is 32.6 Å². The van der Waals surface area contributed by atoms with Crippen LogP contribution >= 0.6 is 11.3 Å². The van der Waals surface area contributed by atoms with Crippen molar-refractivity contribution >= 4 is 17.2 Å². The number of anilines is 1. The maximum Gasteiger partial charge on any atom is 0.133 e. The van der Waals surface area contributed by atoms with E-state index in [9.17, 15) is 0 Å². The van der Waals surface area contributed by atoms with Gasteiger partial charge in [0.05, 0.1) is 18.8 Å². The van der Waals surface area contributed by atoms with Crippen LogP contribution in [0, 0.1) is 6.92 Å². The Labute approximate surface area is 122 Å². The number of nitrogens with one attached hydrogen (secondary N) is 1. The van der Waals surface area contributed by atoms with Crippen molar-refractivity contribution in [3.63, 3.8) is 0 Å². The molecule has 106 valence electrons. The molecule has 3 rings (SSSR count). The molecule has 0 aliphatic heterocycles. The van der Waals surface area contributed by atoms with Crippen molar-refractivity contribution < 1.29 is 5.11 Å². The van der Waals surface area contributed by atoms with Gasteiger partial charge < -0.3 is 10.4 Å². The second-order valence-electron chi connectivity index (χ2n) is 5.00. The van der Waals surface area contributed by atoms with Gasteiger partial charge in [0.25, 0.3) is 0 Å². The van der Waals surface area contributed by atoms with Crippen LogP contribution in [0.25, 0.3) is 0 Å². The molecule has 20 heavy (non-hydrogen) atoms. The van der Waals surface area contributed by atoms with Crippen molar-refractivity contribution in [2.45, 2.75) is 45.8 Å². The standard InChI is InChI=1S/C14H18N4OS/c1-9-16-12-5-3-2-4-11(12)14(17-9)15-6-13-18-10(7-19)8-20-13/h8,19H,2-7H2,1H3,(H,15,16,17). The van der Waals surface area contributed by atoms with Crippen LogP contribution < -0.4 is 5.32 Å². The summed E-state index contributed by atoms with van der Waals surface area (Å²) in [6.07, 6.45) is 4.53. The van der Waals surface area contributed by atoms with Crippen LogP contribution in [-0.4, -0.2) is 20.1 Å². The molecule has 0 bridgehead atoms. The van der Waals surface area contributed by atoms with Gasteiger partial charge >= 0.3 is 0 Å². The fraction of sp³-hybridized carbons (Fsp3) is 0.500. The number of nitrogens with zero attached hydrogens (tertiary/aromatic N) is 3. The molecule has 0 radical (unpaired) electrons. The second-order valence-corrected chi connectivity index (χ2v) is 5.94. The van der Waals surface area contributed by atoms with Gasteiger partial charge in [-0.2, -0.15) is 0 Å². The number of thiazole rings is 1. The zero-order valence-electron chi connectivity index (χ0n) is 11.5. The predicted molar refractivity (Wildman–Crippen MR) is 78.8 cm³/mol. The van der Waals surface area contributed by atoms with Crippen molar-refractivity contribution in [3.05, 3.63) is 33.2 Å². The van der Waals surface area contributed by atoms with Crippen molar-refractivity contribution in [2.75, 3.05) is 5.32 Å². The van der Waals surface area contributed by atoms with E-state index < -0.39 is 0 Å². The van der Waals surface area contributed by atoms with E-state index >= 15 is 0 Å². The Kier molecular flexibility index (Phi) is 3.93. The number of rotatable bonds is 4. The Balaban J connectivity index is 1.78. The minimum Gasteiger partial charge on any atom is -0.390 e. The number of aryl methyl sites for hydroxylation is 2. The normalized spacial score (nSPS) is 14.1. The fourth-order valence-electron chi connectivity index (χ4n) is 2.53. The van der Waals surface area contributed by atoms with E-state index in [-0.39, 0.29) is 6.61 Å². The van der Waals surface area contributed by atoms with Gasteiger partial charge in [0.1, 0.15) is 16.6 Å². The highest BCUT2D eigenvalue weighted by Gasteiger charge is 2.16. The molecule has 0 spiro atoms. The van der Waals surface area contributed by atoms with Gasteiger partial charge in [-0.3, -0.25) is 0 Å². The molecule has 2 aromatic heterocycles. The minimum atomic E-state index is -0.00147. The number of hydrogen-bond acceptors (Lipinski definition) is 6. The molecule has 0 unspecified atom stereocenters. The average Bonchev–Trinajstić information content (AvgIpc) is 2.92. The summed E-state index contributed by atoms with van der Waals surface area (Å²) in [5, 5.41) is 15.3. The Bertz CT molecular complexity index is 611. The summed E-state index contributed by atoms with van der Waals surface area (Å²) in [5.41, 5.74) is 3.19. The van der Waals surface area contributed by atoms with Crippen molar-refractivity contribution in [2.24, 2.45) is 0 Å². The monoisotopic (exact) mass is 290 g/mol. The predicted octanol–water partition coefficient (Wildman–Crippen LogP) is 2.22. The quantitative estimate of drug-likeness (QED) is 0.903. The molecule has 6 heteroatoms. The van der Waals surface area contributed by atoms with E-state index in [0.717, 1.165) is 35.2 Å². The summed E-state index contributed by atoms with van der Waals surface area (Å²) in [6, 6.07) is 0. The molecule has 1 aliphatic rings. The average molecular weight is 290 g/mol. The van der Waals surface area contributed by atoms with Gasteiger partial charge in [-0.25, -0.2) is 15.0 Å². The first-order valence-electron chi connectivity index (χ1n) is 6.90. The van der Waals surface area contributed by atoms with Crippen LogP contribution in [0.4, 0.5) is 5.82 Å². The Hall–Kier alpha value is -1.53. The molecule has 1 aliphatic carbocycles. The smallest absolute Gasteiger partial charge is 0.133 e. The van der Waals surface area contributed by atoms with Gasteiger partial charge in [-0.15, -0.1) is 11.3 Å². The first kappa shape index (κ1) is 13.5. The number of fused-ring (bicyclic) bond motifs is 1. The third-order valence-electron chi connectivity index (χ3n) is 3.46. The Morgan fingerprint density at radius 1 is 1.25 bits per heavy atom. The van der Waals surface area contributed by atoms with Gasteiger partial charge in [0.2, 0.25) is 0 Å². The van der Waals surface area contributed by atoms with Crippen LogP contribution in [0.1, 0.15) is 40.6 Å². The van der Waals surface area contributed by atoms with E-state index in [1.165, 1.54) is 24.1 Å². The third-order valence-corrected chi connectivity index (χ3v) is 4.36. The molecule has 0 saturated heterocycles. The van der Waals surface area contributed by atoms with E-state index in [0.29, 0.717) is 6.54 Å². The fourth-order valence-corrected chi connectivity index (χ4v) is 3.25. The zero-order chi connectivity index (χ0) is 13.9. The van der Waals surface area contributed by atoms with Crippen LogP contribution in [0.2, 0.25) is 0 Å². The molecule has 5 nitrogen and oxygen atoms in total. The first-order valence-corrected chi connectivity index (χ1v) is 7.78. The van der Waals surface area contributed by atoms with Gasteiger partial charge in [-0.1, -0.05) is 0 Å². The highest BCUT2D eigenvalue weighted by molar-refractivity contribution is 7.09. The first-order chi connectivity index (χ1) is 9.76. The lowest BCUT2D eigenvalue weighted by Crippen LogP contribution is -2.13.